The molecule has 20 heavy (non-hydrogen) atoms. The highest BCUT2D eigenvalue weighted by molar-refractivity contribution is 7.88. The van der Waals surface area contributed by atoms with Crippen molar-refractivity contribution in [1.29, 1.82) is 0 Å². The van der Waals surface area contributed by atoms with E-state index < -0.39 is 22.1 Å². The smallest absolute Gasteiger partial charge is 0.335 e. The van der Waals surface area contributed by atoms with Crippen LogP contribution in [0.15, 0.2) is 24.3 Å². The molecule has 1 unspecified atom stereocenters. The minimum absolute atomic E-state index is 0.0547. The number of hydrogen-bond acceptors (Lipinski definition) is 4. The van der Waals surface area contributed by atoms with Crippen LogP contribution < -0.4 is 4.72 Å². The molecule has 0 spiro atoms. The predicted octanol–water partition coefficient (Wildman–Crippen LogP) is 0.965. The summed E-state index contributed by atoms with van der Waals surface area (Å²) in [6.45, 7) is 1.98. The largest absolute Gasteiger partial charge is 0.478 e. The van der Waals surface area contributed by atoms with Crippen LogP contribution >= 0.6 is 0 Å². The predicted molar refractivity (Wildman–Crippen MR) is 74.9 cm³/mol. The molecule has 1 rings (SSSR count). The van der Waals surface area contributed by atoms with E-state index in [2.05, 4.69) is 4.72 Å². The van der Waals surface area contributed by atoms with Gasteiger partial charge in [0.1, 0.15) is 0 Å². The zero-order valence-electron chi connectivity index (χ0n) is 11.2. The summed E-state index contributed by atoms with van der Waals surface area (Å²) in [6, 6.07) is 5.81. The second-order valence-corrected chi connectivity index (χ2v) is 6.32. The molecule has 0 heterocycles. The molecular formula is C13H19NO5S. The Labute approximate surface area is 118 Å². The van der Waals surface area contributed by atoms with E-state index >= 15 is 0 Å². The molecule has 0 fully saturated rings. The fourth-order valence-corrected chi connectivity index (χ4v) is 2.80. The van der Waals surface area contributed by atoms with E-state index in [1.807, 2.05) is 6.92 Å². The van der Waals surface area contributed by atoms with Crippen LogP contribution in [0.2, 0.25) is 0 Å². The van der Waals surface area contributed by atoms with Crippen molar-refractivity contribution >= 4 is 16.0 Å². The zero-order chi connectivity index (χ0) is 15.2. The van der Waals surface area contributed by atoms with Crippen LogP contribution in [0.5, 0.6) is 0 Å². The van der Waals surface area contributed by atoms with Crippen molar-refractivity contribution in [2.24, 2.45) is 0 Å². The lowest BCUT2D eigenvalue weighted by atomic mass is 10.1. The van der Waals surface area contributed by atoms with Gasteiger partial charge in [-0.25, -0.2) is 17.9 Å². The highest BCUT2D eigenvalue weighted by Gasteiger charge is 2.13. The number of nitrogens with one attached hydrogen (secondary N) is 1. The lowest BCUT2D eigenvalue weighted by molar-refractivity contribution is 0.0696. The van der Waals surface area contributed by atoms with E-state index in [9.17, 15) is 18.3 Å². The monoisotopic (exact) mass is 301 g/mol. The third-order valence-corrected chi connectivity index (χ3v) is 4.16. The first-order valence-electron chi connectivity index (χ1n) is 6.31. The number of sulfonamides is 1. The minimum atomic E-state index is -3.54. The molecule has 0 radical (unpaired) electrons. The first-order chi connectivity index (χ1) is 9.34. The molecule has 6 nitrogen and oxygen atoms in total. The lowest BCUT2D eigenvalue weighted by Crippen LogP contribution is -2.28. The van der Waals surface area contributed by atoms with Gasteiger partial charge < -0.3 is 10.2 Å². The van der Waals surface area contributed by atoms with Gasteiger partial charge in [-0.3, -0.25) is 0 Å². The molecular weight excluding hydrogens is 282 g/mol. The standard InChI is InChI=1S/C13H19NO5S/c1-2-12(15)6-7-14-20(18,19)9-10-4-3-5-11(8-10)13(16)17/h3-5,8,12,14-15H,2,6-7,9H2,1H3,(H,16,17). The molecule has 0 aliphatic carbocycles. The van der Waals surface area contributed by atoms with Crippen LogP contribution in [0.3, 0.4) is 0 Å². The molecule has 0 aromatic heterocycles. The molecule has 1 aromatic rings. The Morgan fingerprint density at radius 3 is 2.70 bits per heavy atom. The second-order valence-electron chi connectivity index (χ2n) is 4.51. The van der Waals surface area contributed by atoms with E-state index in [0.717, 1.165) is 0 Å². The molecule has 0 bridgehead atoms. The fraction of sp³-hybridized carbons (Fsp3) is 0.462. The Kier molecular flexibility index (Phi) is 6.12. The highest BCUT2D eigenvalue weighted by atomic mass is 32.2. The summed E-state index contributed by atoms with van der Waals surface area (Å²) in [5, 5.41) is 18.2. The summed E-state index contributed by atoms with van der Waals surface area (Å²) >= 11 is 0. The maximum atomic E-state index is 11.8. The zero-order valence-corrected chi connectivity index (χ0v) is 12.1. The third-order valence-electron chi connectivity index (χ3n) is 2.80. The fourth-order valence-electron chi connectivity index (χ4n) is 1.65. The molecule has 1 aromatic carbocycles. The third kappa shape index (κ3) is 5.68. The number of aliphatic hydroxyl groups is 1. The number of hydrogen-bond donors (Lipinski definition) is 3. The Morgan fingerprint density at radius 2 is 2.10 bits per heavy atom. The van der Waals surface area contributed by atoms with Gasteiger partial charge in [0.25, 0.3) is 0 Å². The van der Waals surface area contributed by atoms with Gasteiger partial charge in [0, 0.05) is 6.54 Å². The lowest BCUT2D eigenvalue weighted by Gasteiger charge is -2.10. The van der Waals surface area contributed by atoms with Gasteiger partial charge >= 0.3 is 5.97 Å². The van der Waals surface area contributed by atoms with Gasteiger partial charge in [0.15, 0.2) is 0 Å². The summed E-state index contributed by atoms with van der Waals surface area (Å²) < 4.78 is 26.0. The Balaban J connectivity index is 2.62. The van der Waals surface area contributed by atoms with Gasteiger partial charge in [0.2, 0.25) is 10.0 Å². The maximum Gasteiger partial charge on any atom is 0.335 e. The first-order valence-corrected chi connectivity index (χ1v) is 7.97. The average Bonchev–Trinajstić information content (AvgIpc) is 2.37. The minimum Gasteiger partial charge on any atom is -0.478 e. The molecule has 0 aliphatic rings. The number of carboxylic acid groups (broad SMARTS) is 1. The average molecular weight is 301 g/mol. The van der Waals surface area contributed by atoms with E-state index in [1.54, 1.807) is 6.07 Å². The van der Waals surface area contributed by atoms with Crippen LogP contribution in [-0.2, 0) is 15.8 Å². The van der Waals surface area contributed by atoms with Crippen LogP contribution in [-0.4, -0.2) is 37.2 Å². The van der Waals surface area contributed by atoms with E-state index in [4.69, 9.17) is 5.11 Å². The summed E-state index contributed by atoms with van der Waals surface area (Å²) in [5.74, 6) is -1.38. The van der Waals surface area contributed by atoms with Crippen molar-refractivity contribution in [3.63, 3.8) is 0 Å². The molecule has 0 aliphatic heterocycles. The van der Waals surface area contributed by atoms with Crippen molar-refractivity contribution in [2.75, 3.05) is 6.54 Å². The molecule has 1 atom stereocenters. The van der Waals surface area contributed by atoms with Crippen LogP contribution in [0.25, 0.3) is 0 Å². The quantitative estimate of drug-likeness (QED) is 0.663. The van der Waals surface area contributed by atoms with E-state index in [0.29, 0.717) is 18.4 Å². The summed E-state index contributed by atoms with van der Waals surface area (Å²) in [7, 11) is -3.54. The Hall–Kier alpha value is -1.44. The maximum absolute atomic E-state index is 11.8. The normalized spacial score (nSPS) is 13.1. The summed E-state index contributed by atoms with van der Waals surface area (Å²) in [6.07, 6.45) is 0.404. The summed E-state index contributed by atoms with van der Waals surface area (Å²) in [5.41, 5.74) is 0.465. The van der Waals surface area contributed by atoms with Crippen LogP contribution in [0.1, 0.15) is 35.7 Å². The number of rotatable bonds is 8. The van der Waals surface area contributed by atoms with E-state index in [-0.39, 0.29) is 17.9 Å². The number of aliphatic hydroxyl groups excluding tert-OH is 1. The SMILES string of the molecule is CCC(O)CCNS(=O)(=O)Cc1cccc(C(=O)O)c1. The number of benzene rings is 1. The van der Waals surface area contributed by atoms with Crippen LogP contribution in [0.4, 0.5) is 0 Å². The number of carboxylic acids is 1. The summed E-state index contributed by atoms with van der Waals surface area (Å²) in [4.78, 5) is 10.8. The molecule has 112 valence electrons. The highest BCUT2D eigenvalue weighted by Crippen LogP contribution is 2.09. The van der Waals surface area contributed by atoms with Gasteiger partial charge in [-0.1, -0.05) is 19.1 Å². The Bertz CT molecular complexity index is 556. The topological polar surface area (TPSA) is 104 Å². The number of carbonyl (C=O) groups is 1. The van der Waals surface area contributed by atoms with Gasteiger partial charge in [-0.15, -0.1) is 0 Å². The molecule has 0 saturated carbocycles. The number of aromatic carboxylic acids is 1. The van der Waals surface area contributed by atoms with Crippen molar-refractivity contribution in [3.8, 4) is 0 Å². The van der Waals surface area contributed by atoms with Crippen molar-refractivity contribution < 1.29 is 23.4 Å². The molecule has 3 N–H and O–H groups in total. The molecule has 0 amide bonds. The van der Waals surface area contributed by atoms with Crippen LogP contribution in [0, 0.1) is 0 Å². The molecule has 0 saturated heterocycles. The van der Waals surface area contributed by atoms with Gasteiger partial charge in [0.05, 0.1) is 17.4 Å². The van der Waals surface area contributed by atoms with Gasteiger partial charge in [-0.05, 0) is 30.5 Å². The van der Waals surface area contributed by atoms with Crippen molar-refractivity contribution in [2.45, 2.75) is 31.6 Å². The van der Waals surface area contributed by atoms with Gasteiger partial charge in [-0.2, -0.15) is 0 Å². The van der Waals surface area contributed by atoms with Crippen molar-refractivity contribution in [1.82, 2.24) is 4.72 Å². The first kappa shape index (κ1) is 16.6. The Morgan fingerprint density at radius 1 is 1.40 bits per heavy atom. The molecule has 7 heteroatoms. The van der Waals surface area contributed by atoms with Crippen molar-refractivity contribution in [3.05, 3.63) is 35.4 Å². The second kappa shape index (κ2) is 7.37. The van der Waals surface area contributed by atoms with E-state index in [1.165, 1.54) is 18.2 Å².